The second-order valence-corrected chi connectivity index (χ2v) is 7.12. The average Bonchev–Trinajstić information content (AvgIpc) is 3.14. The Balaban J connectivity index is 1.40. The van der Waals surface area contributed by atoms with Gasteiger partial charge in [0, 0.05) is 23.5 Å². The molecule has 4 rings (SSSR count). The summed E-state index contributed by atoms with van der Waals surface area (Å²) in [7, 11) is 0. The smallest absolute Gasteiger partial charge is 0.258 e. The lowest BCUT2D eigenvalue weighted by atomic mass is 10.1. The molecule has 0 atom stereocenters. The lowest BCUT2D eigenvalue weighted by Crippen LogP contribution is -2.28. The van der Waals surface area contributed by atoms with E-state index in [0.717, 1.165) is 17.7 Å². The number of amides is 2. The van der Waals surface area contributed by atoms with Gasteiger partial charge in [-0.15, -0.1) is 0 Å². The maximum Gasteiger partial charge on any atom is 0.258 e. The van der Waals surface area contributed by atoms with Gasteiger partial charge in [-0.2, -0.15) is 0 Å². The van der Waals surface area contributed by atoms with Gasteiger partial charge in [0.1, 0.15) is 0 Å². The van der Waals surface area contributed by atoms with E-state index in [2.05, 4.69) is 11.4 Å². The Hall–Kier alpha value is -3.40. The third-order valence-electron chi connectivity index (χ3n) is 5.03. The molecular weight excluding hydrogens is 348 g/mol. The van der Waals surface area contributed by atoms with Crippen LogP contribution in [0.15, 0.2) is 72.8 Å². The number of hydrogen-bond acceptors (Lipinski definition) is 2. The highest BCUT2D eigenvalue weighted by molar-refractivity contribution is 6.07. The first-order valence-electron chi connectivity index (χ1n) is 9.45. The second kappa shape index (κ2) is 7.69. The van der Waals surface area contributed by atoms with Crippen molar-refractivity contribution in [2.75, 3.05) is 16.8 Å². The zero-order valence-corrected chi connectivity index (χ0v) is 15.8. The molecule has 0 unspecified atom stereocenters. The molecule has 0 aliphatic carbocycles. The van der Waals surface area contributed by atoms with Gasteiger partial charge in [0.15, 0.2) is 0 Å². The third kappa shape index (κ3) is 3.81. The van der Waals surface area contributed by atoms with Crippen molar-refractivity contribution in [3.05, 3.63) is 95.1 Å². The maximum atomic E-state index is 12.9. The molecule has 0 saturated heterocycles. The van der Waals surface area contributed by atoms with Crippen molar-refractivity contribution in [1.29, 1.82) is 0 Å². The molecule has 1 heterocycles. The van der Waals surface area contributed by atoms with Crippen LogP contribution in [0.5, 0.6) is 0 Å². The molecule has 1 aliphatic heterocycles. The molecule has 3 aromatic rings. The van der Waals surface area contributed by atoms with E-state index >= 15 is 0 Å². The maximum absolute atomic E-state index is 12.9. The van der Waals surface area contributed by atoms with E-state index in [1.54, 1.807) is 24.3 Å². The lowest BCUT2D eigenvalue weighted by Gasteiger charge is -2.17. The molecule has 0 fully saturated rings. The number of nitrogens with one attached hydrogen (secondary N) is 1. The fourth-order valence-electron chi connectivity index (χ4n) is 3.50. The van der Waals surface area contributed by atoms with E-state index in [0.29, 0.717) is 24.2 Å². The summed E-state index contributed by atoms with van der Waals surface area (Å²) in [5.74, 6) is -0.0844. The summed E-state index contributed by atoms with van der Waals surface area (Å²) in [6.07, 6.45) is 1.21. The Morgan fingerprint density at radius 2 is 1.64 bits per heavy atom. The number of fused-ring (bicyclic) bond motifs is 1. The molecule has 140 valence electrons. The van der Waals surface area contributed by atoms with Gasteiger partial charge >= 0.3 is 0 Å². The van der Waals surface area contributed by atoms with Crippen LogP contribution < -0.4 is 10.2 Å². The van der Waals surface area contributed by atoms with Gasteiger partial charge in [-0.1, -0.05) is 48.0 Å². The predicted octanol–water partition coefficient (Wildman–Crippen LogP) is 4.38. The molecule has 0 spiro atoms. The Labute approximate surface area is 164 Å². The summed E-state index contributed by atoms with van der Waals surface area (Å²) in [6, 6.07) is 23.0. The number of hydrogen-bond donors (Lipinski definition) is 1. The van der Waals surface area contributed by atoms with Crippen molar-refractivity contribution >= 4 is 23.2 Å². The van der Waals surface area contributed by atoms with Crippen molar-refractivity contribution in [2.45, 2.75) is 19.8 Å². The highest BCUT2D eigenvalue weighted by Crippen LogP contribution is 2.29. The molecule has 4 nitrogen and oxygen atoms in total. The lowest BCUT2D eigenvalue weighted by molar-refractivity contribution is -0.115. The number of carbonyl (C=O) groups excluding carboxylic acids is 2. The van der Waals surface area contributed by atoms with Crippen LogP contribution in [0.25, 0.3) is 0 Å². The van der Waals surface area contributed by atoms with E-state index < -0.39 is 0 Å². The summed E-state index contributed by atoms with van der Waals surface area (Å²) in [6.45, 7) is 2.72. The minimum absolute atomic E-state index is 0.0116. The van der Waals surface area contributed by atoms with Crippen LogP contribution in [0.4, 0.5) is 11.4 Å². The molecule has 0 radical (unpaired) electrons. The number of benzene rings is 3. The van der Waals surface area contributed by atoms with Gasteiger partial charge in [-0.25, -0.2) is 0 Å². The molecule has 2 amide bonds. The van der Waals surface area contributed by atoms with Gasteiger partial charge in [0.2, 0.25) is 5.91 Å². The largest absolute Gasteiger partial charge is 0.326 e. The van der Waals surface area contributed by atoms with Gasteiger partial charge in [0.25, 0.3) is 5.91 Å². The minimum atomic E-state index is -0.0728. The fourth-order valence-corrected chi connectivity index (χ4v) is 3.50. The van der Waals surface area contributed by atoms with Gasteiger partial charge in [0.05, 0.1) is 6.42 Å². The van der Waals surface area contributed by atoms with Crippen molar-refractivity contribution in [3.63, 3.8) is 0 Å². The number of para-hydroxylation sites is 1. The molecule has 0 aromatic heterocycles. The zero-order chi connectivity index (χ0) is 19.5. The third-order valence-corrected chi connectivity index (χ3v) is 5.03. The van der Waals surface area contributed by atoms with Crippen LogP contribution in [-0.2, 0) is 17.6 Å². The SMILES string of the molecule is Cc1ccc(CC(=O)Nc2ccc(C(=O)N3CCc4ccccc43)cc2)cc1. The quantitative estimate of drug-likeness (QED) is 0.741. The van der Waals surface area contributed by atoms with E-state index in [-0.39, 0.29) is 11.8 Å². The van der Waals surface area contributed by atoms with Crippen LogP contribution >= 0.6 is 0 Å². The summed E-state index contributed by atoms with van der Waals surface area (Å²) in [4.78, 5) is 26.9. The van der Waals surface area contributed by atoms with Gasteiger partial charge in [-0.05, 0) is 54.8 Å². The normalized spacial score (nSPS) is 12.5. The minimum Gasteiger partial charge on any atom is -0.326 e. The fraction of sp³-hybridized carbons (Fsp3) is 0.167. The summed E-state index contributed by atoms with van der Waals surface area (Å²) < 4.78 is 0. The Morgan fingerprint density at radius 3 is 2.39 bits per heavy atom. The summed E-state index contributed by atoms with van der Waals surface area (Å²) in [5.41, 5.74) is 5.65. The van der Waals surface area contributed by atoms with Crippen LogP contribution in [0, 0.1) is 6.92 Å². The highest BCUT2D eigenvalue weighted by Gasteiger charge is 2.24. The number of rotatable bonds is 4. The first kappa shape index (κ1) is 18.0. The van der Waals surface area contributed by atoms with Crippen molar-refractivity contribution in [3.8, 4) is 0 Å². The van der Waals surface area contributed by atoms with Crippen molar-refractivity contribution in [2.24, 2.45) is 0 Å². The molecule has 28 heavy (non-hydrogen) atoms. The number of aryl methyl sites for hydroxylation is 1. The number of anilines is 2. The molecule has 0 bridgehead atoms. The first-order chi connectivity index (χ1) is 13.6. The van der Waals surface area contributed by atoms with Crippen LogP contribution in [0.1, 0.15) is 27.0 Å². The monoisotopic (exact) mass is 370 g/mol. The zero-order valence-electron chi connectivity index (χ0n) is 15.8. The van der Waals surface area contributed by atoms with E-state index in [1.165, 1.54) is 11.1 Å². The number of carbonyl (C=O) groups is 2. The Morgan fingerprint density at radius 1 is 0.929 bits per heavy atom. The molecule has 1 N–H and O–H groups in total. The molecule has 1 aliphatic rings. The first-order valence-corrected chi connectivity index (χ1v) is 9.45. The highest BCUT2D eigenvalue weighted by atomic mass is 16.2. The van der Waals surface area contributed by atoms with Gasteiger partial charge < -0.3 is 10.2 Å². The Bertz CT molecular complexity index is 1010. The van der Waals surface area contributed by atoms with Gasteiger partial charge in [-0.3, -0.25) is 9.59 Å². The van der Waals surface area contributed by atoms with Crippen LogP contribution in [-0.4, -0.2) is 18.4 Å². The summed E-state index contributed by atoms with van der Waals surface area (Å²) >= 11 is 0. The van der Waals surface area contributed by atoms with E-state index in [4.69, 9.17) is 0 Å². The molecular formula is C24H22N2O2. The van der Waals surface area contributed by atoms with Crippen molar-refractivity contribution < 1.29 is 9.59 Å². The second-order valence-electron chi connectivity index (χ2n) is 7.12. The van der Waals surface area contributed by atoms with Crippen LogP contribution in [0.2, 0.25) is 0 Å². The molecule has 0 saturated carbocycles. The standard InChI is InChI=1S/C24H22N2O2/c1-17-6-8-18(9-7-17)16-23(27)25-21-12-10-20(11-13-21)24(28)26-15-14-19-4-2-3-5-22(19)26/h2-13H,14-16H2,1H3,(H,25,27). The topological polar surface area (TPSA) is 49.4 Å². The predicted molar refractivity (Wildman–Crippen MR) is 112 cm³/mol. The molecule has 4 heteroatoms. The number of nitrogens with zero attached hydrogens (tertiary/aromatic N) is 1. The van der Waals surface area contributed by atoms with E-state index in [9.17, 15) is 9.59 Å². The summed E-state index contributed by atoms with van der Waals surface area (Å²) in [5, 5.41) is 2.89. The Kier molecular flexibility index (Phi) is 4.94. The van der Waals surface area contributed by atoms with Crippen LogP contribution in [0.3, 0.4) is 0 Å². The van der Waals surface area contributed by atoms with Crippen molar-refractivity contribution in [1.82, 2.24) is 0 Å². The average molecular weight is 370 g/mol. The van der Waals surface area contributed by atoms with E-state index in [1.807, 2.05) is 54.3 Å². The molecule has 3 aromatic carbocycles.